The third-order valence-corrected chi connectivity index (χ3v) is 4.49. The summed E-state index contributed by atoms with van der Waals surface area (Å²) in [6, 6.07) is 5.92. The lowest BCUT2D eigenvalue weighted by atomic mass is 10.1. The van der Waals surface area contributed by atoms with E-state index in [9.17, 15) is 9.59 Å². The summed E-state index contributed by atoms with van der Waals surface area (Å²) in [5.74, 6) is -0.557. The Morgan fingerprint density at radius 2 is 2.08 bits per heavy atom. The van der Waals surface area contributed by atoms with Crippen LogP contribution in [0.25, 0.3) is 0 Å². The van der Waals surface area contributed by atoms with Gasteiger partial charge in [-0.05, 0) is 62.8 Å². The summed E-state index contributed by atoms with van der Waals surface area (Å²) in [4.78, 5) is 24.7. The highest BCUT2D eigenvalue weighted by molar-refractivity contribution is 5.98. The van der Waals surface area contributed by atoms with Gasteiger partial charge in [-0.1, -0.05) is 18.1 Å². The highest BCUT2D eigenvalue weighted by atomic mass is 16.5. The van der Waals surface area contributed by atoms with Gasteiger partial charge in [-0.3, -0.25) is 4.79 Å². The minimum Gasteiger partial charge on any atom is -0.449 e. The maximum absolute atomic E-state index is 12.3. The molecule has 3 rings (SSSR count). The first-order chi connectivity index (χ1) is 12.0. The molecule has 6 heteroatoms. The van der Waals surface area contributed by atoms with Gasteiger partial charge < -0.3 is 14.6 Å². The number of carbonyl (C=O) groups is 2. The van der Waals surface area contributed by atoms with Crippen molar-refractivity contribution in [2.24, 2.45) is 0 Å². The van der Waals surface area contributed by atoms with E-state index in [1.165, 1.54) is 11.1 Å². The number of benzene rings is 1. The van der Waals surface area contributed by atoms with Crippen molar-refractivity contribution in [1.82, 2.24) is 5.16 Å². The van der Waals surface area contributed by atoms with Crippen LogP contribution in [0.15, 0.2) is 22.7 Å². The van der Waals surface area contributed by atoms with Crippen LogP contribution in [-0.4, -0.2) is 23.1 Å². The third kappa shape index (κ3) is 3.57. The number of fused-ring (bicyclic) bond motifs is 1. The first kappa shape index (κ1) is 17.2. The summed E-state index contributed by atoms with van der Waals surface area (Å²) in [5, 5.41) is 6.64. The smallest absolute Gasteiger partial charge is 0.344 e. The molecule has 1 N–H and O–H groups in total. The van der Waals surface area contributed by atoms with Crippen molar-refractivity contribution in [1.29, 1.82) is 0 Å². The second-order valence-corrected chi connectivity index (χ2v) is 6.29. The molecular weight excluding hydrogens is 320 g/mol. The van der Waals surface area contributed by atoms with Crippen LogP contribution in [0.2, 0.25) is 0 Å². The molecule has 0 spiro atoms. The standard InChI is InChI=1S/C19H22N2O4/c1-4-16-17(11(2)25-21-16)19(23)24-12(3)18(22)20-15-9-8-13-6-5-7-14(13)10-15/h8-10,12H,4-7H2,1-3H3,(H,20,22)/t12-/m1/s1. The Morgan fingerprint density at radius 3 is 2.84 bits per heavy atom. The van der Waals surface area contributed by atoms with Crippen LogP contribution < -0.4 is 5.32 Å². The van der Waals surface area contributed by atoms with Gasteiger partial charge in [0.05, 0.1) is 5.69 Å². The van der Waals surface area contributed by atoms with Crippen LogP contribution in [0.5, 0.6) is 0 Å². The number of hydrogen-bond donors (Lipinski definition) is 1. The Hall–Kier alpha value is -2.63. The molecule has 0 radical (unpaired) electrons. The van der Waals surface area contributed by atoms with E-state index in [1.54, 1.807) is 13.8 Å². The van der Waals surface area contributed by atoms with E-state index in [4.69, 9.17) is 9.26 Å². The maximum atomic E-state index is 12.3. The predicted octanol–water partition coefficient (Wildman–Crippen LogP) is 3.22. The largest absolute Gasteiger partial charge is 0.449 e. The third-order valence-electron chi connectivity index (χ3n) is 4.49. The molecule has 0 aliphatic heterocycles. The number of anilines is 1. The minimum absolute atomic E-state index is 0.305. The molecule has 1 amide bonds. The zero-order valence-electron chi connectivity index (χ0n) is 14.7. The quantitative estimate of drug-likeness (QED) is 0.844. The molecule has 1 aromatic carbocycles. The Labute approximate surface area is 146 Å². The van der Waals surface area contributed by atoms with Gasteiger partial charge in [0.1, 0.15) is 11.3 Å². The number of ether oxygens (including phenoxy) is 1. The van der Waals surface area contributed by atoms with Crippen LogP contribution in [0.1, 0.15) is 53.2 Å². The molecule has 6 nitrogen and oxygen atoms in total. The fraction of sp³-hybridized carbons (Fsp3) is 0.421. The van der Waals surface area contributed by atoms with Crippen molar-refractivity contribution >= 4 is 17.6 Å². The van der Waals surface area contributed by atoms with Crippen molar-refractivity contribution in [3.05, 3.63) is 46.3 Å². The van der Waals surface area contributed by atoms with E-state index in [0.717, 1.165) is 24.9 Å². The van der Waals surface area contributed by atoms with Gasteiger partial charge in [-0.25, -0.2) is 4.79 Å². The number of amides is 1. The minimum atomic E-state index is -0.917. The molecule has 0 fully saturated rings. The van der Waals surface area contributed by atoms with Crippen LogP contribution in [0.4, 0.5) is 5.69 Å². The number of hydrogen-bond acceptors (Lipinski definition) is 5. The molecule has 1 aromatic heterocycles. The summed E-state index contributed by atoms with van der Waals surface area (Å²) >= 11 is 0. The molecule has 0 unspecified atom stereocenters. The molecular formula is C19H22N2O4. The molecule has 25 heavy (non-hydrogen) atoms. The zero-order chi connectivity index (χ0) is 18.0. The van der Waals surface area contributed by atoms with Gasteiger partial charge in [0.15, 0.2) is 6.10 Å². The number of nitrogens with zero attached hydrogens (tertiary/aromatic N) is 1. The van der Waals surface area contributed by atoms with Crippen molar-refractivity contribution in [3.63, 3.8) is 0 Å². The molecule has 1 atom stereocenters. The van der Waals surface area contributed by atoms with Crippen molar-refractivity contribution < 1.29 is 18.8 Å². The Morgan fingerprint density at radius 1 is 1.32 bits per heavy atom. The first-order valence-corrected chi connectivity index (χ1v) is 8.58. The molecule has 132 valence electrons. The number of carbonyl (C=O) groups excluding carboxylic acids is 2. The molecule has 1 aliphatic carbocycles. The number of aryl methyl sites for hydroxylation is 4. The predicted molar refractivity (Wildman–Crippen MR) is 92.6 cm³/mol. The highest BCUT2D eigenvalue weighted by Crippen LogP contribution is 2.25. The second-order valence-electron chi connectivity index (χ2n) is 6.29. The lowest BCUT2D eigenvalue weighted by Gasteiger charge is -2.14. The van der Waals surface area contributed by atoms with Crippen molar-refractivity contribution in [3.8, 4) is 0 Å². The molecule has 0 bridgehead atoms. The molecule has 1 aliphatic rings. The van der Waals surface area contributed by atoms with Crippen molar-refractivity contribution in [2.75, 3.05) is 5.32 Å². The summed E-state index contributed by atoms with van der Waals surface area (Å²) in [6.07, 6.45) is 2.92. The lowest BCUT2D eigenvalue weighted by Crippen LogP contribution is -2.30. The Kier molecular flexibility index (Phi) is 4.88. The maximum Gasteiger partial charge on any atom is 0.344 e. The van der Waals surface area contributed by atoms with E-state index in [1.807, 2.05) is 25.1 Å². The van der Waals surface area contributed by atoms with Crippen LogP contribution in [0, 0.1) is 6.92 Å². The van der Waals surface area contributed by atoms with Crippen LogP contribution in [0.3, 0.4) is 0 Å². The summed E-state index contributed by atoms with van der Waals surface area (Å²) in [5.41, 5.74) is 4.18. The van der Waals surface area contributed by atoms with Crippen molar-refractivity contribution in [2.45, 2.75) is 52.6 Å². The number of rotatable bonds is 5. The molecule has 0 saturated heterocycles. The number of aromatic nitrogens is 1. The SMILES string of the molecule is CCc1noc(C)c1C(=O)O[C@H](C)C(=O)Nc1ccc2c(c1)CCC2. The normalized spacial score (nSPS) is 14.0. The Balaban J connectivity index is 1.64. The fourth-order valence-corrected chi connectivity index (χ4v) is 3.09. The first-order valence-electron chi connectivity index (χ1n) is 8.58. The molecule has 1 heterocycles. The lowest BCUT2D eigenvalue weighted by molar-refractivity contribution is -0.123. The number of esters is 1. The van der Waals surface area contributed by atoms with Gasteiger partial charge in [0.2, 0.25) is 0 Å². The van der Waals surface area contributed by atoms with Gasteiger partial charge in [-0.15, -0.1) is 0 Å². The topological polar surface area (TPSA) is 81.4 Å². The van der Waals surface area contributed by atoms with Crippen LogP contribution in [-0.2, 0) is 28.8 Å². The summed E-state index contributed by atoms with van der Waals surface area (Å²) in [7, 11) is 0. The average Bonchev–Trinajstić information content (AvgIpc) is 3.20. The van der Waals surface area contributed by atoms with E-state index < -0.39 is 12.1 Å². The zero-order valence-corrected chi connectivity index (χ0v) is 14.7. The Bertz CT molecular complexity index is 810. The van der Waals surface area contributed by atoms with Crippen LogP contribution >= 0.6 is 0 Å². The fourth-order valence-electron chi connectivity index (χ4n) is 3.09. The molecule has 0 saturated carbocycles. The van der Waals surface area contributed by atoms with E-state index in [-0.39, 0.29) is 5.91 Å². The monoisotopic (exact) mass is 342 g/mol. The van der Waals surface area contributed by atoms with E-state index in [2.05, 4.69) is 10.5 Å². The number of nitrogens with one attached hydrogen (secondary N) is 1. The average molecular weight is 342 g/mol. The van der Waals surface area contributed by atoms with E-state index in [0.29, 0.717) is 23.4 Å². The second kappa shape index (κ2) is 7.09. The van der Waals surface area contributed by atoms with Gasteiger partial charge in [0, 0.05) is 5.69 Å². The molecule has 2 aromatic rings. The van der Waals surface area contributed by atoms with Gasteiger partial charge >= 0.3 is 5.97 Å². The summed E-state index contributed by atoms with van der Waals surface area (Å²) in [6.45, 7) is 5.07. The van der Waals surface area contributed by atoms with Gasteiger partial charge in [0.25, 0.3) is 5.91 Å². The summed E-state index contributed by atoms with van der Waals surface area (Å²) < 4.78 is 10.3. The van der Waals surface area contributed by atoms with Gasteiger partial charge in [-0.2, -0.15) is 0 Å². The highest BCUT2D eigenvalue weighted by Gasteiger charge is 2.25. The van der Waals surface area contributed by atoms with E-state index >= 15 is 0 Å².